The van der Waals surface area contributed by atoms with Crippen LogP contribution in [-0.2, 0) is 19.9 Å². The average molecular weight is 395 g/mol. The number of aliphatic hydroxyl groups excluding tert-OH is 1. The lowest BCUT2D eigenvalue weighted by atomic mass is 10.1. The molecule has 2 heterocycles. The SMILES string of the molecule is O=S1(=O)CC(O)C(N2CCN(S(=O)(=O)c3ccccc3Cl)CC2)C1. The summed E-state index contributed by atoms with van der Waals surface area (Å²) in [6.07, 6.45) is -0.915. The molecule has 2 fully saturated rings. The molecule has 0 saturated carbocycles. The molecule has 1 aromatic rings. The van der Waals surface area contributed by atoms with Crippen molar-refractivity contribution in [1.82, 2.24) is 9.21 Å². The van der Waals surface area contributed by atoms with Crippen LogP contribution < -0.4 is 0 Å². The molecule has 7 nitrogen and oxygen atoms in total. The fourth-order valence-corrected chi connectivity index (χ4v) is 6.98. The molecule has 0 spiro atoms. The van der Waals surface area contributed by atoms with Crippen molar-refractivity contribution in [3.8, 4) is 0 Å². The number of benzene rings is 1. The summed E-state index contributed by atoms with van der Waals surface area (Å²) in [5.41, 5.74) is 0. The Labute approximate surface area is 146 Å². The standard InChI is InChI=1S/C14H19ClN2O5S2/c15-11-3-1-2-4-14(11)24(21,22)17-7-5-16(6-8-17)12-9-23(19,20)10-13(12)18/h1-4,12-13,18H,5-10H2. The van der Waals surface area contributed by atoms with E-state index in [0.717, 1.165) is 0 Å². The van der Waals surface area contributed by atoms with Gasteiger partial charge < -0.3 is 5.11 Å². The van der Waals surface area contributed by atoms with Crippen LogP contribution in [-0.4, -0.2) is 81.0 Å². The first-order valence-electron chi connectivity index (χ1n) is 7.58. The zero-order valence-corrected chi connectivity index (χ0v) is 15.3. The normalized spacial score (nSPS) is 28.9. The summed E-state index contributed by atoms with van der Waals surface area (Å²) in [6.45, 7) is 1.22. The first-order chi connectivity index (χ1) is 11.2. The van der Waals surface area contributed by atoms with Gasteiger partial charge in [0, 0.05) is 26.2 Å². The van der Waals surface area contributed by atoms with Crippen molar-refractivity contribution in [3.05, 3.63) is 29.3 Å². The van der Waals surface area contributed by atoms with Crippen LogP contribution >= 0.6 is 11.6 Å². The van der Waals surface area contributed by atoms with E-state index in [-0.39, 0.29) is 34.5 Å². The lowest BCUT2D eigenvalue weighted by Crippen LogP contribution is -2.54. The number of halogens is 1. The van der Waals surface area contributed by atoms with Gasteiger partial charge in [-0.25, -0.2) is 16.8 Å². The fraction of sp³-hybridized carbons (Fsp3) is 0.571. The highest BCUT2D eigenvalue weighted by Crippen LogP contribution is 2.26. The Morgan fingerprint density at radius 1 is 1.08 bits per heavy atom. The number of sulfonamides is 1. The van der Waals surface area contributed by atoms with E-state index in [1.54, 1.807) is 12.1 Å². The van der Waals surface area contributed by atoms with Gasteiger partial charge in [-0.05, 0) is 12.1 Å². The third kappa shape index (κ3) is 3.47. The highest BCUT2D eigenvalue weighted by atomic mass is 35.5. The highest BCUT2D eigenvalue weighted by molar-refractivity contribution is 7.91. The van der Waals surface area contributed by atoms with Crippen molar-refractivity contribution in [1.29, 1.82) is 0 Å². The van der Waals surface area contributed by atoms with E-state index >= 15 is 0 Å². The number of rotatable bonds is 3. The second kappa shape index (κ2) is 6.54. The van der Waals surface area contributed by atoms with Gasteiger partial charge in [-0.15, -0.1) is 0 Å². The molecule has 2 unspecified atom stereocenters. The number of aliphatic hydroxyl groups is 1. The van der Waals surface area contributed by atoms with Gasteiger partial charge in [0.1, 0.15) is 4.90 Å². The van der Waals surface area contributed by atoms with Crippen LogP contribution in [0.5, 0.6) is 0 Å². The molecular weight excluding hydrogens is 376 g/mol. The molecular formula is C14H19ClN2O5S2. The van der Waals surface area contributed by atoms with E-state index in [9.17, 15) is 21.9 Å². The van der Waals surface area contributed by atoms with E-state index in [0.29, 0.717) is 13.1 Å². The summed E-state index contributed by atoms with van der Waals surface area (Å²) in [5.74, 6) is -0.304. The molecule has 2 saturated heterocycles. The minimum absolute atomic E-state index is 0.0728. The quantitative estimate of drug-likeness (QED) is 0.763. The number of nitrogens with zero attached hydrogens (tertiary/aromatic N) is 2. The smallest absolute Gasteiger partial charge is 0.244 e. The molecule has 0 amide bonds. The zero-order valence-electron chi connectivity index (χ0n) is 12.9. The first kappa shape index (κ1) is 18.1. The summed E-state index contributed by atoms with van der Waals surface area (Å²) in [4.78, 5) is 1.93. The largest absolute Gasteiger partial charge is 0.390 e. The molecule has 10 heteroatoms. The third-order valence-corrected chi connectivity index (χ3v) is 8.59. The Morgan fingerprint density at radius 2 is 1.71 bits per heavy atom. The van der Waals surface area contributed by atoms with Crippen molar-refractivity contribution < 1.29 is 21.9 Å². The van der Waals surface area contributed by atoms with Crippen molar-refractivity contribution in [2.75, 3.05) is 37.7 Å². The van der Waals surface area contributed by atoms with Gasteiger partial charge >= 0.3 is 0 Å². The fourth-order valence-electron chi connectivity index (χ4n) is 3.23. The van der Waals surface area contributed by atoms with E-state index in [2.05, 4.69) is 0 Å². The second-order valence-corrected chi connectivity index (χ2v) is 10.5. The molecule has 1 N–H and O–H groups in total. The maximum absolute atomic E-state index is 12.7. The van der Waals surface area contributed by atoms with Crippen LogP contribution in [0.15, 0.2) is 29.2 Å². The van der Waals surface area contributed by atoms with Crippen LogP contribution in [0, 0.1) is 0 Å². The Balaban J connectivity index is 1.70. The molecule has 0 radical (unpaired) electrons. The van der Waals surface area contributed by atoms with Crippen LogP contribution in [0.4, 0.5) is 0 Å². The second-order valence-electron chi connectivity index (χ2n) is 6.08. The molecule has 1 aromatic carbocycles. The molecule has 0 bridgehead atoms. The maximum Gasteiger partial charge on any atom is 0.244 e. The van der Waals surface area contributed by atoms with Crippen molar-refractivity contribution in [2.45, 2.75) is 17.0 Å². The molecule has 2 aliphatic heterocycles. The summed E-state index contributed by atoms with van der Waals surface area (Å²) in [5, 5.41) is 10.1. The van der Waals surface area contributed by atoms with E-state index < -0.39 is 32.0 Å². The Kier molecular flexibility index (Phi) is 4.93. The van der Waals surface area contributed by atoms with Gasteiger partial charge in [0.15, 0.2) is 9.84 Å². The molecule has 2 aliphatic rings. The summed E-state index contributed by atoms with van der Waals surface area (Å²) in [6, 6.07) is 5.83. The number of piperazine rings is 1. The first-order valence-corrected chi connectivity index (χ1v) is 11.2. The Hall–Kier alpha value is -0.710. The van der Waals surface area contributed by atoms with Gasteiger partial charge in [-0.3, -0.25) is 4.90 Å². The lowest BCUT2D eigenvalue weighted by Gasteiger charge is -2.37. The predicted octanol–water partition coefficient (Wildman–Crippen LogP) is -0.196. The van der Waals surface area contributed by atoms with Gasteiger partial charge in [-0.1, -0.05) is 23.7 Å². The van der Waals surface area contributed by atoms with Gasteiger partial charge in [0.2, 0.25) is 10.0 Å². The molecule has 2 atom stereocenters. The number of hydrogen-bond donors (Lipinski definition) is 1. The molecule has 0 aromatic heterocycles. The van der Waals surface area contributed by atoms with E-state index in [1.165, 1.54) is 16.4 Å². The third-order valence-electron chi connectivity index (χ3n) is 4.49. The highest BCUT2D eigenvalue weighted by Gasteiger charge is 2.41. The minimum Gasteiger partial charge on any atom is -0.390 e. The van der Waals surface area contributed by atoms with Crippen LogP contribution in [0.2, 0.25) is 5.02 Å². The maximum atomic E-state index is 12.7. The van der Waals surface area contributed by atoms with Gasteiger partial charge in [0.25, 0.3) is 0 Å². The summed E-state index contributed by atoms with van der Waals surface area (Å²) >= 11 is 5.99. The van der Waals surface area contributed by atoms with Gasteiger partial charge in [-0.2, -0.15) is 4.31 Å². The number of hydrogen-bond acceptors (Lipinski definition) is 6. The van der Waals surface area contributed by atoms with Gasteiger partial charge in [0.05, 0.1) is 28.7 Å². The van der Waals surface area contributed by atoms with Crippen molar-refractivity contribution >= 4 is 31.5 Å². The topological polar surface area (TPSA) is 95.0 Å². The summed E-state index contributed by atoms with van der Waals surface area (Å²) in [7, 11) is -6.91. The Bertz CT molecular complexity index is 819. The number of sulfone groups is 1. The van der Waals surface area contributed by atoms with Crippen molar-refractivity contribution in [3.63, 3.8) is 0 Å². The molecule has 134 valence electrons. The summed E-state index contributed by atoms with van der Waals surface area (Å²) < 4.78 is 50.0. The van der Waals surface area contributed by atoms with E-state index in [4.69, 9.17) is 11.6 Å². The molecule has 24 heavy (non-hydrogen) atoms. The van der Waals surface area contributed by atoms with Crippen LogP contribution in [0.25, 0.3) is 0 Å². The Morgan fingerprint density at radius 3 is 2.25 bits per heavy atom. The monoisotopic (exact) mass is 394 g/mol. The van der Waals surface area contributed by atoms with Crippen LogP contribution in [0.1, 0.15) is 0 Å². The zero-order chi connectivity index (χ0) is 17.5. The van der Waals surface area contributed by atoms with E-state index in [1.807, 2.05) is 4.90 Å². The lowest BCUT2D eigenvalue weighted by molar-refractivity contribution is 0.0618. The molecule has 0 aliphatic carbocycles. The minimum atomic E-state index is -3.68. The van der Waals surface area contributed by atoms with Crippen molar-refractivity contribution in [2.24, 2.45) is 0 Å². The average Bonchev–Trinajstić information content (AvgIpc) is 2.80. The van der Waals surface area contributed by atoms with Crippen LogP contribution in [0.3, 0.4) is 0 Å². The molecule has 3 rings (SSSR count). The predicted molar refractivity (Wildman–Crippen MR) is 90.2 cm³/mol.